The number of H-pyrrole nitrogens is 1. The van der Waals surface area contributed by atoms with Crippen molar-refractivity contribution >= 4 is 45.9 Å². The average Bonchev–Trinajstić information content (AvgIpc) is 3.05. The predicted octanol–water partition coefficient (Wildman–Crippen LogP) is 2.07. The smallest absolute Gasteiger partial charge is 0.348 e. The van der Waals surface area contributed by atoms with E-state index in [0.717, 1.165) is 23.1 Å². The maximum Gasteiger partial charge on any atom is 0.348 e. The third-order valence-electron chi connectivity index (χ3n) is 4.24. The lowest BCUT2D eigenvalue weighted by Gasteiger charge is -2.08. The van der Waals surface area contributed by atoms with E-state index >= 15 is 0 Å². The highest BCUT2D eigenvalue weighted by Crippen LogP contribution is 2.34. The fourth-order valence-corrected chi connectivity index (χ4v) is 4.61. The first kappa shape index (κ1) is 25.6. The number of aromatic amines is 1. The minimum atomic E-state index is -0.652. The zero-order chi connectivity index (χ0) is 23.8. The minimum Gasteiger partial charge on any atom is -0.462 e. The van der Waals surface area contributed by atoms with Gasteiger partial charge < -0.3 is 24.9 Å². The topological polar surface area (TPSA) is 148 Å². The summed E-state index contributed by atoms with van der Waals surface area (Å²) < 4.78 is 10.1. The van der Waals surface area contributed by atoms with Gasteiger partial charge in [0.2, 0.25) is 5.91 Å². The molecule has 3 N–H and O–H groups in total. The zero-order valence-electron chi connectivity index (χ0n) is 18.2. The third kappa shape index (κ3) is 6.17. The number of thiophene rings is 1. The number of aromatic nitrogens is 2. The molecule has 0 aliphatic carbocycles. The minimum absolute atomic E-state index is 0.102. The van der Waals surface area contributed by atoms with E-state index in [-0.39, 0.29) is 58.2 Å². The summed E-state index contributed by atoms with van der Waals surface area (Å²) in [6.07, 6.45) is 0.191. The standard InChI is InChI=1S/C20H25N3O7S2/c1-5-29-18(27)14-10(3)15(19(28)30-6-2)32-17(14)22-13(25)9-31-20-21-11(4)12(7-8-24)16(26)23-20/h24H,5-9H2,1-4H3,(H,22,25)(H,21,23,26). The number of carbonyl (C=O) groups is 3. The van der Waals surface area contributed by atoms with Crippen LogP contribution in [0.3, 0.4) is 0 Å². The van der Waals surface area contributed by atoms with Gasteiger partial charge in [-0.05, 0) is 33.3 Å². The van der Waals surface area contributed by atoms with Crippen molar-refractivity contribution in [1.29, 1.82) is 0 Å². The molecule has 2 heterocycles. The van der Waals surface area contributed by atoms with Gasteiger partial charge in [0.05, 0.1) is 24.5 Å². The molecule has 2 aromatic heterocycles. The SMILES string of the molecule is CCOC(=O)c1sc(NC(=O)CSc2nc(C)c(CCO)c(=O)[nH]2)c(C(=O)OCC)c1C. The van der Waals surface area contributed by atoms with Crippen molar-refractivity contribution in [2.24, 2.45) is 0 Å². The number of aryl methyl sites for hydroxylation is 1. The van der Waals surface area contributed by atoms with Crippen LogP contribution < -0.4 is 10.9 Å². The van der Waals surface area contributed by atoms with E-state index in [4.69, 9.17) is 14.6 Å². The van der Waals surface area contributed by atoms with Crippen LogP contribution in [0.1, 0.15) is 50.7 Å². The molecule has 0 spiro atoms. The molecule has 0 aliphatic rings. The van der Waals surface area contributed by atoms with Gasteiger partial charge in [-0.2, -0.15) is 0 Å². The Bertz CT molecular complexity index is 1060. The Morgan fingerprint density at radius 3 is 2.41 bits per heavy atom. The molecule has 2 rings (SSSR count). The van der Waals surface area contributed by atoms with Gasteiger partial charge in [0.25, 0.3) is 5.56 Å². The summed E-state index contributed by atoms with van der Waals surface area (Å²) in [6, 6.07) is 0. The highest BCUT2D eigenvalue weighted by molar-refractivity contribution is 7.99. The molecule has 0 aliphatic heterocycles. The Kier molecular flexibility index (Phi) is 9.42. The molecular weight excluding hydrogens is 458 g/mol. The normalized spacial score (nSPS) is 10.7. The molecule has 12 heteroatoms. The molecule has 0 bridgehead atoms. The number of rotatable bonds is 10. The first-order chi connectivity index (χ1) is 15.2. The van der Waals surface area contributed by atoms with Crippen LogP contribution in [0.25, 0.3) is 0 Å². The second kappa shape index (κ2) is 11.8. The van der Waals surface area contributed by atoms with Crippen LogP contribution in [0.4, 0.5) is 5.00 Å². The molecule has 0 atom stereocenters. The molecule has 32 heavy (non-hydrogen) atoms. The number of carbonyl (C=O) groups excluding carboxylic acids is 3. The molecular formula is C20H25N3O7S2. The van der Waals surface area contributed by atoms with Crippen molar-refractivity contribution < 1.29 is 29.0 Å². The molecule has 1 amide bonds. The molecule has 2 aromatic rings. The number of aliphatic hydroxyl groups excluding tert-OH is 1. The number of ether oxygens (including phenoxy) is 2. The largest absolute Gasteiger partial charge is 0.462 e. The molecule has 10 nitrogen and oxygen atoms in total. The van der Waals surface area contributed by atoms with Crippen LogP contribution in [0.2, 0.25) is 0 Å². The van der Waals surface area contributed by atoms with Gasteiger partial charge in [0.15, 0.2) is 5.16 Å². The van der Waals surface area contributed by atoms with E-state index in [1.54, 1.807) is 27.7 Å². The number of hydrogen-bond donors (Lipinski definition) is 3. The molecule has 0 aromatic carbocycles. The predicted molar refractivity (Wildman–Crippen MR) is 121 cm³/mol. The Morgan fingerprint density at radius 2 is 1.81 bits per heavy atom. The van der Waals surface area contributed by atoms with Crippen LogP contribution in [-0.2, 0) is 20.7 Å². The Morgan fingerprint density at radius 1 is 1.16 bits per heavy atom. The summed E-state index contributed by atoms with van der Waals surface area (Å²) in [5, 5.41) is 12.1. The number of nitrogens with one attached hydrogen (secondary N) is 2. The Balaban J connectivity index is 2.20. The van der Waals surface area contributed by atoms with Crippen molar-refractivity contribution in [3.8, 4) is 0 Å². The summed E-state index contributed by atoms with van der Waals surface area (Å²) in [5.74, 6) is -1.80. The molecule has 0 unspecified atom stereocenters. The van der Waals surface area contributed by atoms with Crippen molar-refractivity contribution in [3.63, 3.8) is 0 Å². The summed E-state index contributed by atoms with van der Waals surface area (Å²) in [6.45, 7) is 6.71. The molecule has 0 saturated heterocycles. The maximum absolute atomic E-state index is 12.5. The van der Waals surface area contributed by atoms with Crippen molar-refractivity contribution in [3.05, 3.63) is 37.6 Å². The van der Waals surface area contributed by atoms with Crippen molar-refractivity contribution in [1.82, 2.24) is 9.97 Å². The summed E-state index contributed by atoms with van der Waals surface area (Å²) >= 11 is 1.95. The van der Waals surface area contributed by atoms with E-state index in [0.29, 0.717) is 16.8 Å². The average molecular weight is 484 g/mol. The Labute approximate surface area is 192 Å². The number of thioether (sulfide) groups is 1. The molecule has 0 radical (unpaired) electrons. The van der Waals surface area contributed by atoms with Gasteiger partial charge in [-0.1, -0.05) is 11.8 Å². The van der Waals surface area contributed by atoms with Crippen LogP contribution in [0.15, 0.2) is 9.95 Å². The van der Waals surface area contributed by atoms with Gasteiger partial charge in [-0.15, -0.1) is 11.3 Å². The van der Waals surface area contributed by atoms with E-state index < -0.39 is 17.8 Å². The molecule has 0 saturated carbocycles. The maximum atomic E-state index is 12.5. The summed E-state index contributed by atoms with van der Waals surface area (Å²) in [5.41, 5.74) is 0.973. The van der Waals surface area contributed by atoms with E-state index in [2.05, 4.69) is 15.3 Å². The fourth-order valence-electron chi connectivity index (χ4n) is 2.80. The van der Waals surface area contributed by atoms with Gasteiger partial charge >= 0.3 is 11.9 Å². The van der Waals surface area contributed by atoms with Gasteiger partial charge in [0, 0.05) is 24.3 Å². The number of hydrogen-bond acceptors (Lipinski definition) is 10. The fraction of sp³-hybridized carbons (Fsp3) is 0.450. The second-order valence-corrected chi connectivity index (χ2v) is 8.43. The van der Waals surface area contributed by atoms with Gasteiger partial charge in [-0.3, -0.25) is 9.59 Å². The van der Waals surface area contributed by atoms with Gasteiger partial charge in [0.1, 0.15) is 9.88 Å². The first-order valence-electron chi connectivity index (χ1n) is 9.84. The highest BCUT2D eigenvalue weighted by atomic mass is 32.2. The second-order valence-electron chi connectivity index (χ2n) is 6.45. The summed E-state index contributed by atoms with van der Waals surface area (Å²) in [4.78, 5) is 56.3. The van der Waals surface area contributed by atoms with E-state index in [1.165, 1.54) is 0 Å². The molecule has 0 fully saturated rings. The number of nitrogens with zero attached hydrogens (tertiary/aromatic N) is 1. The third-order valence-corrected chi connectivity index (χ3v) is 6.30. The van der Waals surface area contributed by atoms with Crippen LogP contribution in [0.5, 0.6) is 0 Å². The number of anilines is 1. The monoisotopic (exact) mass is 483 g/mol. The number of amides is 1. The quantitative estimate of drug-likeness (QED) is 0.262. The lowest BCUT2D eigenvalue weighted by Crippen LogP contribution is -2.20. The zero-order valence-corrected chi connectivity index (χ0v) is 19.8. The molecule has 174 valence electrons. The van der Waals surface area contributed by atoms with Gasteiger partial charge in [-0.25, -0.2) is 14.6 Å². The van der Waals surface area contributed by atoms with Crippen LogP contribution >= 0.6 is 23.1 Å². The Hall–Kier alpha value is -2.70. The van der Waals surface area contributed by atoms with Crippen molar-refractivity contribution in [2.75, 3.05) is 30.9 Å². The lowest BCUT2D eigenvalue weighted by molar-refractivity contribution is -0.113. The highest BCUT2D eigenvalue weighted by Gasteiger charge is 2.27. The van der Waals surface area contributed by atoms with Crippen molar-refractivity contribution in [2.45, 2.75) is 39.3 Å². The first-order valence-corrected chi connectivity index (χ1v) is 11.6. The number of aliphatic hydroxyl groups is 1. The number of esters is 2. The summed E-state index contributed by atoms with van der Waals surface area (Å²) in [7, 11) is 0. The van der Waals surface area contributed by atoms with Crippen LogP contribution in [0, 0.1) is 13.8 Å². The van der Waals surface area contributed by atoms with Crippen LogP contribution in [-0.4, -0.2) is 58.5 Å². The lowest BCUT2D eigenvalue weighted by atomic mass is 10.1. The van der Waals surface area contributed by atoms with E-state index in [1.807, 2.05) is 0 Å². The van der Waals surface area contributed by atoms with E-state index in [9.17, 15) is 19.2 Å².